The fourth-order valence-electron chi connectivity index (χ4n) is 2.96. The number of carbonyl (C=O) groups is 1. The molecule has 6 atom stereocenters. The van der Waals surface area contributed by atoms with Gasteiger partial charge >= 0.3 is 0 Å². The lowest BCUT2D eigenvalue weighted by Crippen LogP contribution is -2.66. The summed E-state index contributed by atoms with van der Waals surface area (Å²) < 4.78 is 22.6. The summed E-state index contributed by atoms with van der Waals surface area (Å²) in [6.45, 7) is 1.65. The van der Waals surface area contributed by atoms with Gasteiger partial charge in [0.15, 0.2) is 12.6 Å². The van der Waals surface area contributed by atoms with Crippen LogP contribution in [0.4, 0.5) is 0 Å². The second-order valence-corrected chi connectivity index (χ2v) is 5.67. The number of fused-ring (bicyclic) bond motifs is 1. The molecule has 2 N–H and O–H groups in total. The van der Waals surface area contributed by atoms with Crippen LogP contribution in [0.2, 0.25) is 0 Å². The molecule has 1 aromatic rings. The lowest BCUT2D eigenvalue weighted by Gasteiger charge is -2.47. The van der Waals surface area contributed by atoms with Crippen molar-refractivity contribution >= 4 is 5.91 Å². The van der Waals surface area contributed by atoms with E-state index in [1.807, 2.05) is 30.3 Å². The first-order valence-electron chi connectivity index (χ1n) is 7.55. The maximum atomic E-state index is 11.4. The maximum absolute atomic E-state index is 11.4. The second-order valence-electron chi connectivity index (χ2n) is 5.67. The minimum absolute atomic E-state index is 0.272. The van der Waals surface area contributed by atoms with E-state index in [-0.39, 0.29) is 12.5 Å². The van der Waals surface area contributed by atoms with E-state index >= 15 is 0 Å². The summed E-state index contributed by atoms with van der Waals surface area (Å²) in [5.41, 5.74) is 0.864. The van der Waals surface area contributed by atoms with Crippen molar-refractivity contribution in [1.29, 1.82) is 0 Å². The van der Waals surface area contributed by atoms with E-state index in [1.165, 1.54) is 14.0 Å². The zero-order chi connectivity index (χ0) is 16.4. The van der Waals surface area contributed by atoms with Crippen LogP contribution in [0.25, 0.3) is 0 Å². The molecule has 1 aromatic carbocycles. The molecule has 0 radical (unpaired) electrons. The number of ether oxygens (including phenoxy) is 4. The molecule has 2 aliphatic rings. The van der Waals surface area contributed by atoms with E-state index in [0.717, 1.165) is 5.56 Å². The number of hydrogen-bond acceptors (Lipinski definition) is 6. The Bertz CT molecular complexity index is 539. The molecule has 2 heterocycles. The number of carbonyl (C=O) groups excluding carboxylic acids is 1. The number of aliphatic hydroxyl groups excluding tert-OH is 1. The smallest absolute Gasteiger partial charge is 0.217 e. The van der Waals surface area contributed by atoms with Crippen molar-refractivity contribution < 1.29 is 28.8 Å². The highest BCUT2D eigenvalue weighted by Crippen LogP contribution is 2.34. The molecular weight excluding hydrogens is 302 g/mol. The number of aliphatic hydroxyl groups is 1. The van der Waals surface area contributed by atoms with Gasteiger partial charge < -0.3 is 29.4 Å². The Morgan fingerprint density at radius 1 is 1.30 bits per heavy atom. The van der Waals surface area contributed by atoms with Crippen LogP contribution in [0.3, 0.4) is 0 Å². The number of rotatable bonds is 3. The molecule has 3 rings (SSSR count). The highest BCUT2D eigenvalue weighted by Gasteiger charge is 2.49. The molecule has 0 aromatic heterocycles. The van der Waals surface area contributed by atoms with Crippen LogP contribution in [0.15, 0.2) is 30.3 Å². The predicted octanol–water partition coefficient (Wildman–Crippen LogP) is 0.337. The molecule has 23 heavy (non-hydrogen) atoms. The molecule has 1 amide bonds. The molecule has 2 saturated heterocycles. The van der Waals surface area contributed by atoms with Crippen LogP contribution >= 0.6 is 0 Å². The quantitative estimate of drug-likeness (QED) is 0.834. The van der Waals surface area contributed by atoms with Crippen LogP contribution in [0.5, 0.6) is 0 Å². The van der Waals surface area contributed by atoms with Gasteiger partial charge in [0.25, 0.3) is 0 Å². The fourth-order valence-corrected chi connectivity index (χ4v) is 2.96. The summed E-state index contributed by atoms with van der Waals surface area (Å²) >= 11 is 0. The Kier molecular flexibility index (Phi) is 4.93. The highest BCUT2D eigenvalue weighted by atomic mass is 16.7. The minimum Gasteiger partial charge on any atom is -0.388 e. The number of amides is 1. The molecular formula is C16H21NO6. The van der Waals surface area contributed by atoms with Gasteiger partial charge in [-0.3, -0.25) is 4.79 Å². The topological polar surface area (TPSA) is 86.2 Å². The van der Waals surface area contributed by atoms with Crippen LogP contribution in [0.1, 0.15) is 18.8 Å². The van der Waals surface area contributed by atoms with E-state index in [9.17, 15) is 9.90 Å². The average Bonchev–Trinajstić information content (AvgIpc) is 2.57. The first kappa shape index (κ1) is 16.4. The third kappa shape index (κ3) is 3.39. The normalized spacial score (nSPS) is 37.0. The van der Waals surface area contributed by atoms with Gasteiger partial charge in [-0.1, -0.05) is 30.3 Å². The molecule has 126 valence electrons. The summed E-state index contributed by atoms with van der Waals surface area (Å²) in [4.78, 5) is 11.4. The summed E-state index contributed by atoms with van der Waals surface area (Å²) in [6, 6.07) is 8.78. The van der Waals surface area contributed by atoms with Crippen molar-refractivity contribution in [3.8, 4) is 0 Å². The predicted molar refractivity (Wildman–Crippen MR) is 79.3 cm³/mol. The summed E-state index contributed by atoms with van der Waals surface area (Å²) in [5, 5.41) is 13.3. The van der Waals surface area contributed by atoms with Crippen molar-refractivity contribution in [3.63, 3.8) is 0 Å². The Hall–Kier alpha value is -1.51. The molecule has 0 aliphatic carbocycles. The zero-order valence-electron chi connectivity index (χ0n) is 13.0. The minimum atomic E-state index is -0.960. The Morgan fingerprint density at radius 2 is 2.04 bits per heavy atom. The van der Waals surface area contributed by atoms with E-state index in [2.05, 4.69) is 5.32 Å². The molecule has 7 heteroatoms. The Morgan fingerprint density at radius 3 is 2.70 bits per heavy atom. The zero-order valence-corrected chi connectivity index (χ0v) is 13.0. The third-order valence-electron chi connectivity index (χ3n) is 4.04. The van der Waals surface area contributed by atoms with Gasteiger partial charge in [0.05, 0.1) is 6.61 Å². The van der Waals surface area contributed by atoms with Crippen molar-refractivity contribution in [2.45, 2.75) is 43.9 Å². The second kappa shape index (κ2) is 6.94. The lowest BCUT2D eigenvalue weighted by atomic mass is 9.95. The van der Waals surface area contributed by atoms with Crippen molar-refractivity contribution in [2.75, 3.05) is 13.7 Å². The first-order valence-corrected chi connectivity index (χ1v) is 7.55. The SMILES string of the molecule is CO[C@H]1O[C@@H]2CO[C@@H](c3ccccc3)O[C@H]2[C@@H](O)[C@H]1NC(C)=O. The van der Waals surface area contributed by atoms with E-state index in [1.54, 1.807) is 0 Å². The van der Waals surface area contributed by atoms with Crippen LogP contribution in [-0.2, 0) is 23.7 Å². The molecule has 2 aliphatic heterocycles. The maximum Gasteiger partial charge on any atom is 0.217 e. The molecule has 7 nitrogen and oxygen atoms in total. The number of methoxy groups -OCH3 is 1. The van der Waals surface area contributed by atoms with Crippen LogP contribution < -0.4 is 5.32 Å². The van der Waals surface area contributed by atoms with Crippen molar-refractivity contribution in [2.24, 2.45) is 0 Å². The lowest BCUT2D eigenvalue weighted by molar-refractivity contribution is -0.341. The Labute approximate surface area is 134 Å². The number of hydrogen-bond donors (Lipinski definition) is 2. The monoisotopic (exact) mass is 323 g/mol. The first-order chi connectivity index (χ1) is 11.1. The van der Waals surface area contributed by atoms with Gasteiger partial charge in [0.2, 0.25) is 5.91 Å². The molecule has 0 bridgehead atoms. The fraction of sp³-hybridized carbons (Fsp3) is 0.562. The summed E-state index contributed by atoms with van der Waals surface area (Å²) in [5.74, 6) is -0.273. The summed E-state index contributed by atoms with van der Waals surface area (Å²) in [7, 11) is 1.46. The van der Waals surface area contributed by atoms with Gasteiger partial charge in [-0.15, -0.1) is 0 Å². The van der Waals surface area contributed by atoms with Gasteiger partial charge in [-0.05, 0) is 0 Å². The third-order valence-corrected chi connectivity index (χ3v) is 4.04. The standard InChI is InChI=1S/C16H21NO6/c1-9(18)17-12-13(19)14-11(22-16(12)20-2)8-21-15(23-14)10-6-4-3-5-7-10/h3-7,11-16,19H,8H2,1-2H3,(H,17,18)/t11-,12-,13+,14-,15-,16+/m1/s1. The van der Waals surface area contributed by atoms with Crippen LogP contribution in [-0.4, -0.2) is 55.4 Å². The highest BCUT2D eigenvalue weighted by molar-refractivity contribution is 5.73. The summed E-state index contributed by atoms with van der Waals surface area (Å²) in [6.07, 6.45) is -3.36. The van der Waals surface area contributed by atoms with E-state index < -0.39 is 36.9 Å². The Balaban J connectivity index is 1.76. The van der Waals surface area contributed by atoms with Crippen molar-refractivity contribution in [3.05, 3.63) is 35.9 Å². The molecule has 0 unspecified atom stereocenters. The average molecular weight is 323 g/mol. The molecule has 2 fully saturated rings. The van der Waals surface area contributed by atoms with E-state index in [0.29, 0.717) is 0 Å². The van der Waals surface area contributed by atoms with Gasteiger partial charge in [0.1, 0.15) is 24.4 Å². The van der Waals surface area contributed by atoms with Gasteiger partial charge in [-0.25, -0.2) is 0 Å². The van der Waals surface area contributed by atoms with Gasteiger partial charge in [-0.2, -0.15) is 0 Å². The number of nitrogens with one attached hydrogen (secondary N) is 1. The van der Waals surface area contributed by atoms with Crippen LogP contribution in [0, 0.1) is 0 Å². The molecule has 0 spiro atoms. The van der Waals surface area contributed by atoms with Gasteiger partial charge in [0, 0.05) is 19.6 Å². The molecule has 0 saturated carbocycles. The van der Waals surface area contributed by atoms with E-state index in [4.69, 9.17) is 18.9 Å². The van der Waals surface area contributed by atoms with Crippen molar-refractivity contribution in [1.82, 2.24) is 5.32 Å². The largest absolute Gasteiger partial charge is 0.388 e. The number of benzene rings is 1.